The monoisotopic (exact) mass is 254 g/mol. The average molecular weight is 254 g/mol. The minimum Gasteiger partial charge on any atom is -0.484 e. The number of nitrogens with one attached hydrogen (secondary N) is 1. The number of para-hydroxylation sites is 1. The lowest BCUT2D eigenvalue weighted by molar-refractivity contribution is -0.385. The smallest absolute Gasteiger partial charge is 0.324 e. The summed E-state index contributed by atoms with van der Waals surface area (Å²) in [6.45, 7) is 1.48. The maximum Gasteiger partial charge on any atom is 0.324 e. The standard InChI is InChI=1S/C11H14N2O5/c1-7-4-3-5-9(13(16)17)10(7)18-6-8(12-2)11(14)15/h3-5,8,12H,6H2,1-2H3,(H,14,15). The topological polar surface area (TPSA) is 102 Å². The van der Waals surface area contributed by atoms with Crippen molar-refractivity contribution in [3.8, 4) is 5.75 Å². The number of ether oxygens (including phenoxy) is 1. The Balaban J connectivity index is 2.90. The molecule has 1 atom stereocenters. The van der Waals surface area contributed by atoms with Crippen molar-refractivity contribution in [2.45, 2.75) is 13.0 Å². The Kier molecular flexibility index (Phi) is 4.61. The van der Waals surface area contributed by atoms with E-state index in [1.165, 1.54) is 13.1 Å². The molecule has 0 spiro atoms. The van der Waals surface area contributed by atoms with Crippen LogP contribution in [0.25, 0.3) is 0 Å². The second-order valence-corrected chi connectivity index (χ2v) is 3.67. The number of carbonyl (C=O) groups is 1. The van der Waals surface area contributed by atoms with Gasteiger partial charge in [-0.3, -0.25) is 14.9 Å². The lowest BCUT2D eigenvalue weighted by Gasteiger charge is -2.14. The lowest BCUT2D eigenvalue weighted by atomic mass is 10.2. The summed E-state index contributed by atoms with van der Waals surface area (Å²) in [5, 5.41) is 22.2. The minimum atomic E-state index is -1.08. The molecule has 0 aromatic heterocycles. The summed E-state index contributed by atoms with van der Waals surface area (Å²) in [5.41, 5.74) is 0.416. The van der Waals surface area contributed by atoms with E-state index < -0.39 is 16.9 Å². The maximum atomic E-state index is 10.8. The maximum absolute atomic E-state index is 10.8. The van der Waals surface area contributed by atoms with Crippen LogP contribution in [0.4, 0.5) is 5.69 Å². The van der Waals surface area contributed by atoms with Crippen LogP contribution in [0, 0.1) is 17.0 Å². The van der Waals surface area contributed by atoms with Crippen molar-refractivity contribution in [2.24, 2.45) is 0 Å². The number of benzene rings is 1. The molecule has 1 aromatic carbocycles. The second kappa shape index (κ2) is 5.97. The summed E-state index contributed by atoms with van der Waals surface area (Å²) in [6.07, 6.45) is 0. The van der Waals surface area contributed by atoms with Gasteiger partial charge in [-0.2, -0.15) is 0 Å². The summed E-state index contributed by atoms with van der Waals surface area (Å²) < 4.78 is 5.26. The van der Waals surface area contributed by atoms with E-state index in [1.54, 1.807) is 19.1 Å². The predicted octanol–water partition coefficient (Wildman–Crippen LogP) is 0.955. The van der Waals surface area contributed by atoms with Gasteiger partial charge in [0.25, 0.3) is 0 Å². The van der Waals surface area contributed by atoms with Crippen LogP contribution in [0.3, 0.4) is 0 Å². The zero-order chi connectivity index (χ0) is 13.7. The third-order valence-electron chi connectivity index (χ3n) is 2.43. The van der Waals surface area contributed by atoms with Crippen LogP contribution in [-0.4, -0.2) is 35.7 Å². The van der Waals surface area contributed by atoms with Crippen molar-refractivity contribution >= 4 is 11.7 Å². The number of nitro benzene ring substituents is 1. The highest BCUT2D eigenvalue weighted by molar-refractivity contribution is 5.73. The number of nitro groups is 1. The number of carboxylic acids is 1. The molecular weight excluding hydrogens is 240 g/mol. The summed E-state index contributed by atoms with van der Waals surface area (Å²) in [6, 6.07) is 3.62. The molecule has 7 heteroatoms. The van der Waals surface area contributed by atoms with Gasteiger partial charge in [-0.25, -0.2) is 0 Å². The fraction of sp³-hybridized carbons (Fsp3) is 0.364. The number of likely N-dealkylation sites (N-methyl/N-ethyl adjacent to an activating group) is 1. The third-order valence-corrected chi connectivity index (χ3v) is 2.43. The molecular formula is C11H14N2O5. The highest BCUT2D eigenvalue weighted by Crippen LogP contribution is 2.30. The first-order chi connectivity index (χ1) is 8.47. The summed E-state index contributed by atoms with van der Waals surface area (Å²) >= 11 is 0. The van der Waals surface area contributed by atoms with Gasteiger partial charge in [0.2, 0.25) is 0 Å². The Morgan fingerprint density at radius 2 is 2.28 bits per heavy atom. The number of nitrogens with zero attached hydrogens (tertiary/aromatic N) is 1. The number of carboxylic acid groups (broad SMARTS) is 1. The molecule has 0 heterocycles. The lowest BCUT2D eigenvalue weighted by Crippen LogP contribution is -2.39. The number of hydrogen-bond donors (Lipinski definition) is 2. The number of aliphatic carboxylic acids is 1. The first kappa shape index (κ1) is 13.9. The van der Waals surface area contributed by atoms with Crippen molar-refractivity contribution in [1.82, 2.24) is 5.32 Å². The molecule has 0 aliphatic rings. The quantitative estimate of drug-likeness (QED) is 0.579. The van der Waals surface area contributed by atoms with Crippen molar-refractivity contribution in [3.63, 3.8) is 0 Å². The van der Waals surface area contributed by atoms with Crippen LogP contribution in [-0.2, 0) is 4.79 Å². The Labute approximate surface area is 104 Å². The predicted molar refractivity (Wildman–Crippen MR) is 63.8 cm³/mol. The van der Waals surface area contributed by atoms with Gasteiger partial charge in [-0.05, 0) is 19.5 Å². The van der Waals surface area contributed by atoms with Gasteiger partial charge in [0.05, 0.1) is 4.92 Å². The SMILES string of the molecule is CNC(COc1c(C)cccc1[N+](=O)[O-])C(=O)O. The molecule has 1 unspecified atom stereocenters. The molecule has 7 nitrogen and oxygen atoms in total. The van der Waals surface area contributed by atoms with E-state index in [9.17, 15) is 14.9 Å². The van der Waals surface area contributed by atoms with Crippen molar-refractivity contribution < 1.29 is 19.6 Å². The molecule has 18 heavy (non-hydrogen) atoms. The van der Waals surface area contributed by atoms with Crippen molar-refractivity contribution in [2.75, 3.05) is 13.7 Å². The van der Waals surface area contributed by atoms with E-state index in [2.05, 4.69) is 5.32 Å². The van der Waals surface area contributed by atoms with E-state index in [0.717, 1.165) is 0 Å². The summed E-state index contributed by atoms with van der Waals surface area (Å²) in [4.78, 5) is 21.0. The van der Waals surface area contributed by atoms with Gasteiger partial charge < -0.3 is 15.2 Å². The minimum absolute atomic E-state index is 0.101. The van der Waals surface area contributed by atoms with Crippen molar-refractivity contribution in [1.29, 1.82) is 0 Å². The highest BCUT2D eigenvalue weighted by Gasteiger charge is 2.21. The van der Waals surface area contributed by atoms with E-state index in [-0.39, 0.29) is 18.0 Å². The molecule has 0 fully saturated rings. The Bertz CT molecular complexity index is 461. The van der Waals surface area contributed by atoms with E-state index >= 15 is 0 Å². The van der Waals surface area contributed by atoms with Crippen molar-refractivity contribution in [3.05, 3.63) is 33.9 Å². The number of rotatable bonds is 6. The molecule has 0 radical (unpaired) electrons. The average Bonchev–Trinajstić information content (AvgIpc) is 2.30. The second-order valence-electron chi connectivity index (χ2n) is 3.67. The molecule has 0 aliphatic carbocycles. The Morgan fingerprint density at radius 1 is 1.61 bits per heavy atom. The summed E-state index contributed by atoms with van der Waals surface area (Å²) in [7, 11) is 1.48. The van der Waals surface area contributed by atoms with Gasteiger partial charge in [0, 0.05) is 6.07 Å². The highest BCUT2D eigenvalue weighted by atomic mass is 16.6. The Hall–Kier alpha value is -2.15. The van der Waals surface area contributed by atoms with Gasteiger partial charge in [-0.1, -0.05) is 12.1 Å². The summed E-state index contributed by atoms with van der Waals surface area (Å²) in [5.74, 6) is -0.974. The van der Waals surface area contributed by atoms with Crippen LogP contribution in [0.2, 0.25) is 0 Å². The van der Waals surface area contributed by atoms with Crippen LogP contribution < -0.4 is 10.1 Å². The molecule has 0 bridgehead atoms. The number of hydrogen-bond acceptors (Lipinski definition) is 5. The van der Waals surface area contributed by atoms with E-state index in [1.807, 2.05) is 0 Å². The molecule has 0 aliphatic heterocycles. The third kappa shape index (κ3) is 3.17. The van der Waals surface area contributed by atoms with Crippen LogP contribution in [0.15, 0.2) is 18.2 Å². The van der Waals surface area contributed by atoms with E-state index in [0.29, 0.717) is 5.56 Å². The van der Waals surface area contributed by atoms with Crippen LogP contribution >= 0.6 is 0 Å². The molecule has 1 rings (SSSR count). The van der Waals surface area contributed by atoms with Crippen LogP contribution in [0.5, 0.6) is 5.75 Å². The zero-order valence-corrected chi connectivity index (χ0v) is 10.0. The Morgan fingerprint density at radius 3 is 2.78 bits per heavy atom. The van der Waals surface area contributed by atoms with E-state index in [4.69, 9.17) is 9.84 Å². The first-order valence-electron chi connectivity index (χ1n) is 5.24. The first-order valence-corrected chi connectivity index (χ1v) is 5.24. The fourth-order valence-corrected chi connectivity index (χ4v) is 1.41. The van der Waals surface area contributed by atoms with Gasteiger partial charge in [-0.15, -0.1) is 0 Å². The molecule has 1 aromatic rings. The normalized spacial score (nSPS) is 11.9. The van der Waals surface area contributed by atoms with Crippen LogP contribution in [0.1, 0.15) is 5.56 Å². The van der Waals surface area contributed by atoms with Gasteiger partial charge in [0.1, 0.15) is 12.6 Å². The molecule has 2 N–H and O–H groups in total. The van der Waals surface area contributed by atoms with Gasteiger partial charge >= 0.3 is 11.7 Å². The molecule has 0 amide bonds. The molecule has 0 saturated heterocycles. The van der Waals surface area contributed by atoms with Gasteiger partial charge in [0.15, 0.2) is 5.75 Å². The fourth-order valence-electron chi connectivity index (χ4n) is 1.41. The molecule has 98 valence electrons. The zero-order valence-electron chi connectivity index (χ0n) is 10.0. The largest absolute Gasteiger partial charge is 0.484 e. The molecule has 0 saturated carbocycles. The number of aryl methyl sites for hydroxylation is 1.